The summed E-state index contributed by atoms with van der Waals surface area (Å²) in [6.07, 6.45) is 0. The van der Waals surface area contributed by atoms with Gasteiger partial charge in [-0.05, 0) is 24.6 Å². The van der Waals surface area contributed by atoms with E-state index < -0.39 is 0 Å². The van der Waals surface area contributed by atoms with Crippen molar-refractivity contribution in [2.75, 3.05) is 11.1 Å². The number of benzene rings is 2. The molecule has 0 aliphatic rings. The standard InChI is InChI=1S/C20H19N5O2S/c1-13-23-24-20(25(13)11-15-6-4-3-5-7-15)28-12-19(26)22-16-8-9-17-18(10-16)27-14(2)21-17/h3-10H,11-12H2,1-2H3,(H,22,26). The first-order valence-electron chi connectivity index (χ1n) is 8.82. The predicted molar refractivity (Wildman–Crippen MR) is 108 cm³/mol. The number of nitrogens with zero attached hydrogens (tertiary/aromatic N) is 4. The van der Waals surface area contributed by atoms with Crippen LogP contribution < -0.4 is 5.32 Å². The SMILES string of the molecule is Cc1nc2ccc(NC(=O)CSc3nnc(C)n3Cc3ccccc3)cc2o1. The van der Waals surface area contributed by atoms with E-state index in [2.05, 4.69) is 32.6 Å². The molecule has 0 fully saturated rings. The lowest BCUT2D eigenvalue weighted by Crippen LogP contribution is -2.14. The Bertz CT molecular complexity index is 1120. The molecule has 0 bridgehead atoms. The summed E-state index contributed by atoms with van der Waals surface area (Å²) >= 11 is 1.36. The minimum Gasteiger partial charge on any atom is -0.441 e. The van der Waals surface area contributed by atoms with E-state index in [9.17, 15) is 4.79 Å². The van der Waals surface area contributed by atoms with E-state index in [1.54, 1.807) is 13.0 Å². The van der Waals surface area contributed by atoms with Crippen molar-refractivity contribution < 1.29 is 9.21 Å². The van der Waals surface area contributed by atoms with Crippen LogP contribution in [0.4, 0.5) is 5.69 Å². The van der Waals surface area contributed by atoms with Crippen LogP contribution in [0.25, 0.3) is 11.1 Å². The van der Waals surface area contributed by atoms with Gasteiger partial charge in [-0.25, -0.2) is 4.98 Å². The number of anilines is 1. The normalized spacial score (nSPS) is 11.1. The Hall–Kier alpha value is -3.13. The Balaban J connectivity index is 1.40. The van der Waals surface area contributed by atoms with Crippen molar-refractivity contribution in [3.05, 3.63) is 65.8 Å². The van der Waals surface area contributed by atoms with Crippen LogP contribution in [-0.4, -0.2) is 31.4 Å². The number of aryl methyl sites for hydroxylation is 2. The molecule has 4 rings (SSSR count). The lowest BCUT2D eigenvalue weighted by molar-refractivity contribution is -0.113. The Morgan fingerprint density at radius 2 is 1.96 bits per heavy atom. The quantitative estimate of drug-likeness (QED) is 0.501. The lowest BCUT2D eigenvalue weighted by atomic mass is 10.2. The highest BCUT2D eigenvalue weighted by atomic mass is 32.2. The maximum absolute atomic E-state index is 12.4. The van der Waals surface area contributed by atoms with Crippen molar-refractivity contribution in [2.24, 2.45) is 0 Å². The summed E-state index contributed by atoms with van der Waals surface area (Å²) in [7, 11) is 0. The van der Waals surface area contributed by atoms with Gasteiger partial charge in [0, 0.05) is 18.7 Å². The zero-order valence-corrected chi connectivity index (χ0v) is 16.4. The number of oxazole rings is 1. The van der Waals surface area contributed by atoms with E-state index in [1.807, 2.05) is 41.8 Å². The average molecular weight is 393 g/mol. The van der Waals surface area contributed by atoms with Crippen molar-refractivity contribution >= 4 is 34.5 Å². The monoisotopic (exact) mass is 393 g/mol. The number of hydrogen-bond donors (Lipinski definition) is 1. The maximum atomic E-state index is 12.4. The van der Waals surface area contributed by atoms with Gasteiger partial charge in [-0.3, -0.25) is 4.79 Å². The Morgan fingerprint density at radius 1 is 1.14 bits per heavy atom. The Morgan fingerprint density at radius 3 is 2.79 bits per heavy atom. The summed E-state index contributed by atoms with van der Waals surface area (Å²) in [6, 6.07) is 15.5. The van der Waals surface area contributed by atoms with Gasteiger partial charge in [0.25, 0.3) is 0 Å². The van der Waals surface area contributed by atoms with Crippen LogP contribution in [0.2, 0.25) is 0 Å². The lowest BCUT2D eigenvalue weighted by Gasteiger charge is -2.09. The predicted octanol–water partition coefficient (Wildman–Crippen LogP) is 3.82. The van der Waals surface area contributed by atoms with E-state index in [1.165, 1.54) is 11.8 Å². The molecule has 1 amide bonds. The topological polar surface area (TPSA) is 85.8 Å². The maximum Gasteiger partial charge on any atom is 0.234 e. The zero-order chi connectivity index (χ0) is 19.5. The van der Waals surface area contributed by atoms with Crippen LogP contribution in [0.15, 0.2) is 58.1 Å². The molecule has 0 radical (unpaired) electrons. The number of amides is 1. The molecule has 7 nitrogen and oxygen atoms in total. The molecular weight excluding hydrogens is 374 g/mol. The van der Waals surface area contributed by atoms with Gasteiger partial charge >= 0.3 is 0 Å². The highest BCUT2D eigenvalue weighted by molar-refractivity contribution is 7.99. The van der Waals surface area contributed by atoms with E-state index >= 15 is 0 Å². The van der Waals surface area contributed by atoms with Crippen LogP contribution in [-0.2, 0) is 11.3 Å². The number of carbonyl (C=O) groups is 1. The molecule has 0 saturated heterocycles. The smallest absolute Gasteiger partial charge is 0.234 e. The van der Waals surface area contributed by atoms with Gasteiger partial charge in [0.2, 0.25) is 5.91 Å². The summed E-state index contributed by atoms with van der Waals surface area (Å²) in [5.41, 5.74) is 3.26. The molecule has 4 aromatic rings. The number of hydrogen-bond acceptors (Lipinski definition) is 6. The highest BCUT2D eigenvalue weighted by Gasteiger charge is 2.13. The second-order valence-electron chi connectivity index (χ2n) is 6.35. The molecule has 28 heavy (non-hydrogen) atoms. The van der Waals surface area contributed by atoms with Crippen LogP contribution in [0.3, 0.4) is 0 Å². The van der Waals surface area contributed by atoms with Crippen molar-refractivity contribution in [1.29, 1.82) is 0 Å². The van der Waals surface area contributed by atoms with Gasteiger partial charge in [-0.1, -0.05) is 42.1 Å². The Labute approximate surface area is 166 Å². The third-order valence-electron chi connectivity index (χ3n) is 4.20. The number of fused-ring (bicyclic) bond motifs is 1. The van der Waals surface area contributed by atoms with Gasteiger partial charge in [0.15, 0.2) is 16.6 Å². The molecule has 1 N–H and O–H groups in total. The number of carbonyl (C=O) groups excluding carboxylic acids is 1. The molecule has 0 unspecified atom stereocenters. The summed E-state index contributed by atoms with van der Waals surface area (Å²) < 4.78 is 7.52. The van der Waals surface area contributed by atoms with E-state index in [-0.39, 0.29) is 11.7 Å². The molecule has 0 atom stereocenters. The third-order valence-corrected chi connectivity index (χ3v) is 5.16. The molecule has 0 spiro atoms. The van der Waals surface area contributed by atoms with Crippen LogP contribution >= 0.6 is 11.8 Å². The van der Waals surface area contributed by atoms with Crippen molar-refractivity contribution in [1.82, 2.24) is 19.7 Å². The average Bonchev–Trinajstić information content (AvgIpc) is 3.22. The largest absolute Gasteiger partial charge is 0.441 e. The second-order valence-corrected chi connectivity index (χ2v) is 7.30. The van der Waals surface area contributed by atoms with Gasteiger partial charge in [0.1, 0.15) is 11.3 Å². The van der Waals surface area contributed by atoms with Gasteiger partial charge < -0.3 is 14.3 Å². The molecule has 0 saturated carbocycles. The molecular formula is C20H19N5O2S. The first kappa shape index (κ1) is 18.2. The molecule has 8 heteroatoms. The fourth-order valence-corrected chi connectivity index (χ4v) is 3.64. The van der Waals surface area contributed by atoms with E-state index in [4.69, 9.17) is 4.42 Å². The highest BCUT2D eigenvalue weighted by Crippen LogP contribution is 2.21. The first-order chi connectivity index (χ1) is 13.6. The van der Waals surface area contributed by atoms with Crippen LogP contribution in [0, 0.1) is 13.8 Å². The van der Waals surface area contributed by atoms with Crippen LogP contribution in [0.1, 0.15) is 17.3 Å². The number of nitrogens with one attached hydrogen (secondary N) is 1. The van der Waals surface area contributed by atoms with Crippen molar-refractivity contribution in [3.63, 3.8) is 0 Å². The Kier molecular flexibility index (Phi) is 5.12. The second kappa shape index (κ2) is 7.85. The van der Waals surface area contributed by atoms with E-state index in [0.29, 0.717) is 23.7 Å². The van der Waals surface area contributed by atoms with Gasteiger partial charge in [0.05, 0.1) is 12.3 Å². The summed E-state index contributed by atoms with van der Waals surface area (Å²) in [6.45, 7) is 4.38. The summed E-state index contributed by atoms with van der Waals surface area (Å²) in [5, 5.41) is 12.0. The van der Waals surface area contributed by atoms with Gasteiger partial charge in [-0.2, -0.15) is 0 Å². The van der Waals surface area contributed by atoms with Crippen molar-refractivity contribution in [3.8, 4) is 0 Å². The molecule has 2 aromatic heterocycles. The molecule has 0 aliphatic carbocycles. The van der Waals surface area contributed by atoms with Crippen LogP contribution in [0.5, 0.6) is 0 Å². The number of aromatic nitrogens is 4. The fourth-order valence-electron chi connectivity index (χ4n) is 2.86. The minimum atomic E-state index is -0.118. The molecule has 142 valence electrons. The number of rotatable bonds is 6. The van der Waals surface area contributed by atoms with E-state index in [0.717, 1.165) is 22.1 Å². The first-order valence-corrected chi connectivity index (χ1v) is 9.80. The zero-order valence-electron chi connectivity index (χ0n) is 15.5. The fraction of sp³-hybridized carbons (Fsp3) is 0.200. The summed E-state index contributed by atoms with van der Waals surface area (Å²) in [5.74, 6) is 1.54. The van der Waals surface area contributed by atoms with Crippen molar-refractivity contribution in [2.45, 2.75) is 25.5 Å². The van der Waals surface area contributed by atoms with Gasteiger partial charge in [-0.15, -0.1) is 10.2 Å². The number of thioether (sulfide) groups is 1. The molecule has 2 aromatic carbocycles. The third kappa shape index (κ3) is 4.07. The molecule has 2 heterocycles. The molecule has 0 aliphatic heterocycles. The summed E-state index contributed by atoms with van der Waals surface area (Å²) in [4.78, 5) is 16.6. The minimum absolute atomic E-state index is 0.118.